The summed E-state index contributed by atoms with van der Waals surface area (Å²) in [6.07, 6.45) is 0. The lowest BCUT2D eigenvalue weighted by molar-refractivity contribution is 0.00206. The molecule has 114 valence electrons. The number of hydrogen-bond donors (Lipinski definition) is 0. The van der Waals surface area contributed by atoms with E-state index in [2.05, 4.69) is 0 Å². The molecule has 1 heterocycles. The van der Waals surface area contributed by atoms with E-state index in [1.165, 1.54) is 0 Å². The molecule has 0 spiro atoms. The highest BCUT2D eigenvalue weighted by atomic mass is 36.1. The second kappa shape index (κ2) is 10.8. The van der Waals surface area contributed by atoms with Crippen LogP contribution in [0.15, 0.2) is 0 Å². The summed E-state index contributed by atoms with van der Waals surface area (Å²) in [5.74, 6) is 0. The molecule has 0 radical (unpaired) electrons. The van der Waals surface area contributed by atoms with Gasteiger partial charge in [0.1, 0.15) is 0 Å². The van der Waals surface area contributed by atoms with Gasteiger partial charge in [0.15, 0.2) is 33.7 Å². The van der Waals surface area contributed by atoms with Crippen molar-refractivity contribution in [1.82, 2.24) is 4.67 Å². The first-order valence-corrected chi connectivity index (χ1v) is 10.6. The van der Waals surface area contributed by atoms with Gasteiger partial charge in [0.2, 0.25) is 0 Å². The van der Waals surface area contributed by atoms with Gasteiger partial charge >= 0.3 is 5.47 Å². The third kappa shape index (κ3) is 9.62. The SMILES string of the molecule is Cl[P+](Cl)(Cl)N1CCOCCOCCOCCOCC1. The number of rotatable bonds is 1. The van der Waals surface area contributed by atoms with Gasteiger partial charge in [0.25, 0.3) is 0 Å². The quantitative estimate of drug-likeness (QED) is 0.677. The molecule has 0 aromatic carbocycles. The molecule has 1 aliphatic heterocycles. The van der Waals surface area contributed by atoms with Gasteiger partial charge in [-0.3, -0.25) is 0 Å². The minimum absolute atomic E-state index is 0.508. The van der Waals surface area contributed by atoms with Gasteiger partial charge in [0.05, 0.1) is 65.9 Å². The summed E-state index contributed by atoms with van der Waals surface area (Å²) in [6.45, 7) is 5.44. The molecule has 0 aromatic rings. The summed E-state index contributed by atoms with van der Waals surface area (Å²) in [4.78, 5) is 0. The maximum absolute atomic E-state index is 6.00. The third-order valence-corrected chi connectivity index (χ3v) is 5.39. The van der Waals surface area contributed by atoms with Crippen molar-refractivity contribution in [2.75, 3.05) is 65.9 Å². The Morgan fingerprint density at radius 2 is 0.895 bits per heavy atom. The van der Waals surface area contributed by atoms with Crippen molar-refractivity contribution in [2.45, 2.75) is 0 Å². The lowest BCUT2D eigenvalue weighted by Gasteiger charge is -2.19. The van der Waals surface area contributed by atoms with E-state index in [1.54, 1.807) is 4.67 Å². The minimum atomic E-state index is -2.60. The smallest absolute Gasteiger partial charge is 0.378 e. The van der Waals surface area contributed by atoms with Crippen molar-refractivity contribution in [3.8, 4) is 0 Å². The molecule has 1 aliphatic rings. The van der Waals surface area contributed by atoms with Crippen molar-refractivity contribution >= 4 is 39.2 Å². The molecule has 19 heavy (non-hydrogen) atoms. The highest BCUT2D eigenvalue weighted by Crippen LogP contribution is 2.76. The van der Waals surface area contributed by atoms with Crippen molar-refractivity contribution in [1.29, 1.82) is 0 Å². The molecular formula is C10H20Cl3NO4P+. The van der Waals surface area contributed by atoms with Crippen LogP contribution in [-0.4, -0.2) is 70.6 Å². The highest BCUT2D eigenvalue weighted by Gasteiger charge is 2.41. The Morgan fingerprint density at radius 1 is 0.579 bits per heavy atom. The molecule has 0 atom stereocenters. The fourth-order valence-corrected chi connectivity index (χ4v) is 3.42. The second-order valence-corrected chi connectivity index (χ2v) is 11.2. The standard InChI is InChI=1S/C10H20Cl3NO4P/c11-19(12,13)14-1-3-15-5-7-17-9-10-18-8-6-16-4-2-14/h1-10H2/q+1. The van der Waals surface area contributed by atoms with Crippen LogP contribution in [0.1, 0.15) is 0 Å². The molecule has 9 heteroatoms. The maximum atomic E-state index is 6.00. The van der Waals surface area contributed by atoms with Crippen LogP contribution in [0.4, 0.5) is 0 Å². The number of hydrogen-bond acceptors (Lipinski definition) is 5. The zero-order valence-corrected chi connectivity index (χ0v) is 13.9. The van der Waals surface area contributed by atoms with Crippen LogP contribution in [-0.2, 0) is 18.9 Å². The van der Waals surface area contributed by atoms with Gasteiger partial charge in [-0.2, -0.15) is 0 Å². The zero-order chi connectivity index (χ0) is 14.0. The number of halogens is 3. The molecule has 0 unspecified atom stereocenters. The Labute approximate surface area is 129 Å². The zero-order valence-electron chi connectivity index (χ0n) is 10.7. The summed E-state index contributed by atoms with van der Waals surface area (Å²) >= 11 is 18.0. The summed E-state index contributed by atoms with van der Waals surface area (Å²) < 4.78 is 23.3. The van der Waals surface area contributed by atoms with Crippen LogP contribution in [0.5, 0.6) is 0 Å². The third-order valence-electron chi connectivity index (χ3n) is 2.42. The maximum Gasteiger partial charge on any atom is 0.379 e. The molecule has 0 bridgehead atoms. The fraction of sp³-hybridized carbons (Fsp3) is 1.00. The molecule has 0 aliphatic carbocycles. The topological polar surface area (TPSA) is 40.2 Å². The van der Waals surface area contributed by atoms with Crippen molar-refractivity contribution < 1.29 is 18.9 Å². The predicted octanol–water partition coefficient (Wildman–Crippen LogP) is 2.76. The van der Waals surface area contributed by atoms with E-state index < -0.39 is 5.47 Å². The van der Waals surface area contributed by atoms with Crippen molar-refractivity contribution in [2.24, 2.45) is 0 Å². The van der Waals surface area contributed by atoms with Gasteiger partial charge in [-0.15, -0.1) is 4.67 Å². The van der Waals surface area contributed by atoms with E-state index in [9.17, 15) is 0 Å². The fourth-order valence-electron chi connectivity index (χ4n) is 1.44. The molecule has 0 saturated carbocycles. The molecule has 0 aromatic heterocycles. The largest absolute Gasteiger partial charge is 0.379 e. The molecular weight excluding hydrogens is 335 g/mol. The van der Waals surface area contributed by atoms with E-state index in [4.69, 9.17) is 52.7 Å². The monoisotopic (exact) mass is 354 g/mol. The van der Waals surface area contributed by atoms with E-state index >= 15 is 0 Å². The first-order valence-electron chi connectivity index (χ1n) is 6.15. The van der Waals surface area contributed by atoms with Crippen LogP contribution >= 0.6 is 39.2 Å². The lowest BCUT2D eigenvalue weighted by Crippen LogP contribution is -2.27. The summed E-state index contributed by atoms with van der Waals surface area (Å²) in [7, 11) is 0. The van der Waals surface area contributed by atoms with Gasteiger partial charge in [-0.1, -0.05) is 0 Å². The highest BCUT2D eigenvalue weighted by molar-refractivity contribution is 8.31. The number of ether oxygens (including phenoxy) is 4. The van der Waals surface area contributed by atoms with Crippen LogP contribution < -0.4 is 0 Å². The van der Waals surface area contributed by atoms with E-state index in [0.29, 0.717) is 65.9 Å². The van der Waals surface area contributed by atoms with Gasteiger partial charge in [-0.25, -0.2) is 0 Å². The summed E-state index contributed by atoms with van der Waals surface area (Å²) in [6, 6.07) is 0. The first kappa shape index (κ1) is 18.1. The Kier molecular flexibility index (Phi) is 10.3. The molecule has 1 rings (SSSR count). The van der Waals surface area contributed by atoms with Crippen LogP contribution in [0.2, 0.25) is 0 Å². The van der Waals surface area contributed by atoms with Crippen LogP contribution in [0.25, 0.3) is 0 Å². The normalized spacial score (nSPS) is 23.5. The van der Waals surface area contributed by atoms with Crippen molar-refractivity contribution in [3.05, 3.63) is 0 Å². The average molecular weight is 356 g/mol. The Balaban J connectivity index is 2.34. The molecule has 0 N–H and O–H groups in total. The van der Waals surface area contributed by atoms with Crippen molar-refractivity contribution in [3.63, 3.8) is 0 Å². The molecule has 5 nitrogen and oxygen atoms in total. The first-order chi connectivity index (χ1) is 9.11. The molecule has 1 saturated heterocycles. The Bertz CT molecular complexity index is 217. The number of nitrogens with zero attached hydrogens (tertiary/aromatic N) is 1. The van der Waals surface area contributed by atoms with Crippen LogP contribution in [0.3, 0.4) is 0 Å². The second-order valence-electron chi connectivity index (χ2n) is 3.82. The van der Waals surface area contributed by atoms with Crippen LogP contribution in [0, 0.1) is 0 Å². The average Bonchev–Trinajstić information content (AvgIpc) is 2.35. The lowest BCUT2D eigenvalue weighted by atomic mass is 10.6. The van der Waals surface area contributed by atoms with E-state index in [1.807, 2.05) is 0 Å². The predicted molar refractivity (Wildman–Crippen MR) is 79.3 cm³/mol. The van der Waals surface area contributed by atoms with Gasteiger partial charge in [-0.05, 0) is 0 Å². The molecule has 0 amide bonds. The van der Waals surface area contributed by atoms with Gasteiger partial charge in [0, 0.05) is 0 Å². The van der Waals surface area contributed by atoms with E-state index in [-0.39, 0.29) is 0 Å². The van der Waals surface area contributed by atoms with Gasteiger partial charge < -0.3 is 18.9 Å². The minimum Gasteiger partial charge on any atom is -0.378 e. The molecule has 1 fully saturated rings. The summed E-state index contributed by atoms with van der Waals surface area (Å²) in [5, 5.41) is 0. The summed E-state index contributed by atoms with van der Waals surface area (Å²) in [5.41, 5.74) is -2.60. The van der Waals surface area contributed by atoms with E-state index in [0.717, 1.165) is 0 Å². The Hall–Kier alpha value is 1.10. The Morgan fingerprint density at radius 3 is 1.21 bits per heavy atom.